The van der Waals surface area contributed by atoms with Crippen LogP contribution in [0, 0.1) is 0 Å². The standard InChI is InChI=1S/C14H15N3O4/c18-13(10-4-6-20-11(10)8-1-2-8)17-5-3-9(7-17)12-15-14(19)21-16-12/h4,6,8-9H,1-3,5,7H2,(H,15,16,19). The van der Waals surface area contributed by atoms with Crippen LogP contribution in [-0.4, -0.2) is 34.0 Å². The molecule has 2 aromatic rings. The van der Waals surface area contributed by atoms with Crippen LogP contribution in [-0.2, 0) is 0 Å². The third-order valence-corrected chi connectivity index (χ3v) is 4.19. The SMILES string of the molecule is O=C(c1ccoc1C1CC1)N1CCC(c2noc(=O)[nH]2)C1. The highest BCUT2D eigenvalue weighted by atomic mass is 16.5. The van der Waals surface area contributed by atoms with Gasteiger partial charge >= 0.3 is 5.76 Å². The minimum absolute atomic E-state index is 0.000933. The molecule has 1 atom stereocenters. The normalized spacial score (nSPS) is 21.9. The number of H-pyrrole nitrogens is 1. The first-order chi connectivity index (χ1) is 10.2. The molecular formula is C14H15N3O4. The fourth-order valence-electron chi connectivity index (χ4n) is 2.92. The molecule has 3 heterocycles. The lowest BCUT2D eigenvalue weighted by molar-refractivity contribution is 0.0788. The van der Waals surface area contributed by atoms with Gasteiger partial charge in [0.2, 0.25) is 0 Å². The predicted octanol–water partition coefficient (Wildman–Crippen LogP) is 1.46. The molecule has 1 unspecified atom stereocenters. The molecule has 7 nitrogen and oxygen atoms in total. The van der Waals surface area contributed by atoms with Crippen LogP contribution in [0.3, 0.4) is 0 Å². The van der Waals surface area contributed by atoms with Crippen molar-refractivity contribution >= 4 is 5.91 Å². The second kappa shape index (κ2) is 4.61. The summed E-state index contributed by atoms with van der Waals surface area (Å²) in [4.78, 5) is 27.9. The second-order valence-corrected chi connectivity index (χ2v) is 5.69. The van der Waals surface area contributed by atoms with Gasteiger partial charge in [0.1, 0.15) is 5.76 Å². The molecule has 0 spiro atoms. The number of furan rings is 1. The van der Waals surface area contributed by atoms with Gasteiger partial charge in [0, 0.05) is 24.9 Å². The molecule has 0 aromatic carbocycles. The van der Waals surface area contributed by atoms with Crippen LogP contribution < -0.4 is 5.76 Å². The second-order valence-electron chi connectivity index (χ2n) is 5.69. The number of aromatic nitrogens is 2. The van der Waals surface area contributed by atoms with Gasteiger partial charge in [-0.3, -0.25) is 14.3 Å². The van der Waals surface area contributed by atoms with Crippen molar-refractivity contribution in [3.8, 4) is 0 Å². The number of carbonyl (C=O) groups excluding carboxylic acids is 1. The van der Waals surface area contributed by atoms with Crippen molar-refractivity contribution in [2.24, 2.45) is 0 Å². The lowest BCUT2D eigenvalue weighted by Crippen LogP contribution is -2.29. The van der Waals surface area contributed by atoms with E-state index in [1.54, 1.807) is 17.2 Å². The van der Waals surface area contributed by atoms with E-state index in [1.807, 2.05) is 0 Å². The first-order valence-corrected chi connectivity index (χ1v) is 7.15. The zero-order valence-corrected chi connectivity index (χ0v) is 11.4. The third-order valence-electron chi connectivity index (χ3n) is 4.19. The first-order valence-electron chi connectivity index (χ1n) is 7.15. The van der Waals surface area contributed by atoms with Crippen molar-refractivity contribution in [2.45, 2.75) is 31.1 Å². The van der Waals surface area contributed by atoms with E-state index in [2.05, 4.69) is 14.7 Å². The van der Waals surface area contributed by atoms with Crippen LogP contribution in [0.1, 0.15) is 53.0 Å². The van der Waals surface area contributed by atoms with E-state index in [9.17, 15) is 9.59 Å². The summed E-state index contributed by atoms with van der Waals surface area (Å²) in [6.45, 7) is 1.18. The highest BCUT2D eigenvalue weighted by Crippen LogP contribution is 2.42. The van der Waals surface area contributed by atoms with Crippen LogP contribution >= 0.6 is 0 Å². The zero-order valence-electron chi connectivity index (χ0n) is 11.4. The summed E-state index contributed by atoms with van der Waals surface area (Å²) in [6.07, 6.45) is 4.54. The van der Waals surface area contributed by atoms with E-state index in [-0.39, 0.29) is 11.8 Å². The maximum Gasteiger partial charge on any atom is 0.438 e. The smallest absolute Gasteiger partial charge is 0.438 e. The predicted molar refractivity (Wildman–Crippen MR) is 71.1 cm³/mol. The molecule has 1 saturated carbocycles. The molecule has 2 aromatic heterocycles. The number of nitrogens with zero attached hydrogens (tertiary/aromatic N) is 2. The van der Waals surface area contributed by atoms with Crippen molar-refractivity contribution in [1.82, 2.24) is 15.0 Å². The Morgan fingerprint density at radius 1 is 1.33 bits per heavy atom. The number of amides is 1. The van der Waals surface area contributed by atoms with E-state index in [0.29, 0.717) is 30.4 Å². The summed E-state index contributed by atoms with van der Waals surface area (Å²) in [5.41, 5.74) is 0.673. The molecule has 1 aliphatic carbocycles. The Kier molecular flexibility index (Phi) is 2.73. The van der Waals surface area contributed by atoms with Gasteiger partial charge in [0.05, 0.1) is 11.8 Å². The molecule has 1 saturated heterocycles. The molecule has 0 bridgehead atoms. The monoisotopic (exact) mass is 289 g/mol. The molecule has 110 valence electrons. The average molecular weight is 289 g/mol. The minimum Gasteiger partial charge on any atom is -0.468 e. The van der Waals surface area contributed by atoms with Crippen LogP contribution in [0.4, 0.5) is 0 Å². The number of hydrogen-bond donors (Lipinski definition) is 1. The van der Waals surface area contributed by atoms with Gasteiger partial charge in [-0.1, -0.05) is 5.16 Å². The fourth-order valence-corrected chi connectivity index (χ4v) is 2.92. The maximum absolute atomic E-state index is 12.6. The van der Waals surface area contributed by atoms with E-state index in [4.69, 9.17) is 4.42 Å². The number of likely N-dealkylation sites (tertiary alicyclic amines) is 1. The topological polar surface area (TPSA) is 92.3 Å². The molecule has 0 radical (unpaired) electrons. The Bertz CT molecular complexity index is 724. The van der Waals surface area contributed by atoms with Crippen LogP contribution in [0.2, 0.25) is 0 Å². The van der Waals surface area contributed by atoms with Crippen molar-refractivity contribution in [3.05, 3.63) is 40.0 Å². The van der Waals surface area contributed by atoms with E-state index < -0.39 is 5.76 Å². The zero-order chi connectivity index (χ0) is 14.4. The quantitative estimate of drug-likeness (QED) is 0.923. The summed E-state index contributed by atoms with van der Waals surface area (Å²) in [5.74, 6) is 1.21. The molecule has 1 N–H and O–H groups in total. The number of hydrogen-bond acceptors (Lipinski definition) is 5. The Morgan fingerprint density at radius 3 is 2.90 bits per heavy atom. The Balaban J connectivity index is 1.51. The summed E-state index contributed by atoms with van der Waals surface area (Å²) in [6, 6.07) is 1.75. The van der Waals surface area contributed by atoms with E-state index >= 15 is 0 Å². The van der Waals surface area contributed by atoms with Gasteiger partial charge in [-0.05, 0) is 25.3 Å². The van der Waals surface area contributed by atoms with E-state index in [0.717, 1.165) is 25.0 Å². The molecule has 21 heavy (non-hydrogen) atoms. The lowest BCUT2D eigenvalue weighted by Gasteiger charge is -2.15. The summed E-state index contributed by atoms with van der Waals surface area (Å²) in [5, 5.41) is 3.71. The highest BCUT2D eigenvalue weighted by molar-refractivity contribution is 5.95. The molecule has 2 aliphatic rings. The van der Waals surface area contributed by atoms with Crippen LogP contribution in [0.25, 0.3) is 0 Å². The average Bonchev–Trinajstić information content (AvgIpc) is 2.94. The number of nitrogens with one attached hydrogen (secondary N) is 1. The Morgan fingerprint density at radius 2 is 2.19 bits per heavy atom. The molecule has 4 rings (SSSR count). The molecule has 1 amide bonds. The van der Waals surface area contributed by atoms with Gasteiger partial charge in [-0.2, -0.15) is 0 Å². The van der Waals surface area contributed by atoms with Gasteiger partial charge in [-0.15, -0.1) is 0 Å². The van der Waals surface area contributed by atoms with Gasteiger partial charge in [0.25, 0.3) is 5.91 Å². The summed E-state index contributed by atoms with van der Waals surface area (Å²) < 4.78 is 9.99. The Hall–Kier alpha value is -2.31. The van der Waals surface area contributed by atoms with E-state index in [1.165, 1.54) is 0 Å². The van der Waals surface area contributed by atoms with Gasteiger partial charge in [-0.25, -0.2) is 4.79 Å². The fraction of sp³-hybridized carbons (Fsp3) is 0.500. The first kappa shape index (κ1) is 12.4. The lowest BCUT2D eigenvalue weighted by atomic mass is 10.1. The van der Waals surface area contributed by atoms with Crippen molar-refractivity contribution in [2.75, 3.05) is 13.1 Å². The highest BCUT2D eigenvalue weighted by Gasteiger charge is 2.35. The van der Waals surface area contributed by atoms with Gasteiger partial charge in [0.15, 0.2) is 5.82 Å². The van der Waals surface area contributed by atoms with Gasteiger partial charge < -0.3 is 9.32 Å². The molecular weight excluding hydrogens is 274 g/mol. The number of rotatable bonds is 3. The number of carbonyl (C=O) groups is 1. The van der Waals surface area contributed by atoms with Crippen molar-refractivity contribution < 1.29 is 13.7 Å². The molecule has 7 heteroatoms. The molecule has 2 fully saturated rings. The molecule has 1 aliphatic heterocycles. The number of aromatic amines is 1. The van der Waals surface area contributed by atoms with Crippen LogP contribution in [0.15, 0.2) is 26.1 Å². The largest absolute Gasteiger partial charge is 0.468 e. The summed E-state index contributed by atoms with van der Waals surface area (Å²) >= 11 is 0. The summed E-state index contributed by atoms with van der Waals surface area (Å²) in [7, 11) is 0. The minimum atomic E-state index is -0.555. The third kappa shape index (κ3) is 2.18. The Labute approximate surface area is 119 Å². The van der Waals surface area contributed by atoms with Crippen LogP contribution in [0.5, 0.6) is 0 Å². The van der Waals surface area contributed by atoms with Crippen molar-refractivity contribution in [1.29, 1.82) is 0 Å². The maximum atomic E-state index is 12.6. The van der Waals surface area contributed by atoms with Crippen molar-refractivity contribution in [3.63, 3.8) is 0 Å².